The van der Waals surface area contributed by atoms with E-state index < -0.39 is 34.6 Å². The van der Waals surface area contributed by atoms with Crippen LogP contribution in [-0.2, 0) is 18.7 Å². The normalized spacial score (nSPS) is 25.6. The molecule has 0 unspecified atom stereocenters. The van der Waals surface area contributed by atoms with Gasteiger partial charge in [0.25, 0.3) is 0 Å². The fraction of sp³-hybridized carbons (Fsp3) is 0.185. The summed E-state index contributed by atoms with van der Waals surface area (Å²) >= 11 is 3.92. The smallest absolute Gasteiger partial charge is 0.335 e. The molecule has 2 N–H and O–H groups in total. The largest absolute Gasteiger partial charge is 0.478 e. The molecule has 1 aliphatic heterocycles. The minimum Gasteiger partial charge on any atom is -0.478 e. The highest BCUT2D eigenvalue weighted by Crippen LogP contribution is 2.66. The first-order valence-electron chi connectivity index (χ1n) is 11.2. The first kappa shape index (κ1) is 21.7. The Bertz CT molecular complexity index is 1390. The number of carbonyl (C=O) groups excluding carboxylic acids is 3. The highest BCUT2D eigenvalue weighted by Gasteiger charge is 2.67. The van der Waals surface area contributed by atoms with Crippen molar-refractivity contribution in [2.75, 3.05) is 11.9 Å². The van der Waals surface area contributed by atoms with Crippen LogP contribution in [0.25, 0.3) is 0 Å². The minimum absolute atomic E-state index is 0.0919. The van der Waals surface area contributed by atoms with Crippen molar-refractivity contribution in [3.05, 3.63) is 101 Å². The van der Waals surface area contributed by atoms with Crippen molar-refractivity contribution in [2.24, 2.45) is 11.8 Å². The van der Waals surface area contributed by atoms with Crippen molar-refractivity contribution in [1.82, 2.24) is 4.90 Å². The monoisotopic (exact) mass is 530 g/mol. The molecule has 0 saturated carbocycles. The van der Waals surface area contributed by atoms with Gasteiger partial charge in [0.15, 0.2) is 0 Å². The number of nitrogens with one attached hydrogen (secondary N) is 1. The minimum atomic E-state index is -1.07. The Hall–Kier alpha value is -3.78. The zero-order valence-electron chi connectivity index (χ0n) is 18.3. The van der Waals surface area contributed by atoms with Gasteiger partial charge in [-0.3, -0.25) is 19.3 Å². The molecule has 1 heterocycles. The van der Waals surface area contributed by atoms with Crippen LogP contribution in [0.15, 0.2) is 72.8 Å². The quantitative estimate of drug-likeness (QED) is 0.395. The van der Waals surface area contributed by atoms with Crippen LogP contribution < -0.4 is 5.32 Å². The van der Waals surface area contributed by atoms with Gasteiger partial charge in [-0.2, -0.15) is 0 Å². The number of nitrogens with zero attached hydrogens (tertiary/aromatic N) is 1. The molecule has 174 valence electrons. The molecule has 2 atom stereocenters. The molecule has 3 amide bonds. The lowest BCUT2D eigenvalue weighted by molar-refractivity contribution is -0.142. The van der Waals surface area contributed by atoms with E-state index in [-0.39, 0.29) is 23.3 Å². The van der Waals surface area contributed by atoms with E-state index in [1.165, 1.54) is 24.3 Å². The van der Waals surface area contributed by atoms with Crippen molar-refractivity contribution in [2.45, 2.75) is 10.2 Å². The summed E-state index contributed by atoms with van der Waals surface area (Å²) < 4.78 is -0.857. The predicted octanol–water partition coefficient (Wildman–Crippen LogP) is 3.72. The zero-order valence-corrected chi connectivity index (χ0v) is 19.9. The van der Waals surface area contributed by atoms with E-state index >= 15 is 0 Å². The van der Waals surface area contributed by atoms with Gasteiger partial charge in [0, 0.05) is 11.6 Å². The molecule has 2 bridgehead atoms. The summed E-state index contributed by atoms with van der Waals surface area (Å²) in [6, 6.07) is 21.4. The number of carboxylic acids is 1. The summed E-state index contributed by atoms with van der Waals surface area (Å²) in [4.78, 5) is 52.2. The Balaban J connectivity index is 1.33. The molecule has 35 heavy (non-hydrogen) atoms. The van der Waals surface area contributed by atoms with Crippen LogP contribution in [0, 0.1) is 11.8 Å². The third-order valence-electron chi connectivity index (χ3n) is 7.32. The third-order valence-corrected chi connectivity index (χ3v) is 8.67. The summed E-state index contributed by atoms with van der Waals surface area (Å²) in [7, 11) is 0. The van der Waals surface area contributed by atoms with Gasteiger partial charge in [-0.05, 0) is 46.5 Å². The molecule has 7 rings (SSSR count). The lowest BCUT2D eigenvalue weighted by Gasteiger charge is -2.51. The van der Waals surface area contributed by atoms with E-state index in [1.807, 2.05) is 48.5 Å². The third kappa shape index (κ3) is 2.96. The molecule has 0 radical (unpaired) electrons. The second-order valence-corrected chi connectivity index (χ2v) is 10.3. The number of benzene rings is 3. The highest BCUT2D eigenvalue weighted by atomic mass is 79.9. The number of hydrogen-bond donors (Lipinski definition) is 2. The van der Waals surface area contributed by atoms with E-state index in [9.17, 15) is 19.2 Å². The topological polar surface area (TPSA) is 104 Å². The number of anilines is 1. The van der Waals surface area contributed by atoms with Crippen LogP contribution in [0.2, 0.25) is 0 Å². The van der Waals surface area contributed by atoms with Gasteiger partial charge in [-0.1, -0.05) is 64.5 Å². The first-order chi connectivity index (χ1) is 16.8. The first-order valence-corrected chi connectivity index (χ1v) is 12.0. The van der Waals surface area contributed by atoms with E-state index in [0.717, 1.165) is 27.2 Å². The van der Waals surface area contributed by atoms with Crippen LogP contribution in [0.1, 0.15) is 38.5 Å². The summed E-state index contributed by atoms with van der Waals surface area (Å²) in [5.74, 6) is -3.85. The van der Waals surface area contributed by atoms with Crippen molar-refractivity contribution in [1.29, 1.82) is 0 Å². The van der Waals surface area contributed by atoms with E-state index in [2.05, 4.69) is 21.2 Å². The molecule has 3 aromatic carbocycles. The second-order valence-electron chi connectivity index (χ2n) is 9.06. The van der Waals surface area contributed by atoms with E-state index in [0.29, 0.717) is 5.69 Å². The average molecular weight is 531 g/mol. The lowest BCUT2D eigenvalue weighted by Crippen LogP contribution is -2.50. The van der Waals surface area contributed by atoms with Crippen LogP contribution in [0.4, 0.5) is 5.69 Å². The molecule has 4 aliphatic rings. The molecule has 0 aromatic heterocycles. The van der Waals surface area contributed by atoms with E-state index in [4.69, 9.17) is 5.11 Å². The summed E-state index contributed by atoms with van der Waals surface area (Å²) in [5, 5.41) is 11.7. The van der Waals surface area contributed by atoms with Gasteiger partial charge in [-0.25, -0.2) is 4.79 Å². The fourth-order valence-corrected chi connectivity index (χ4v) is 7.14. The number of carbonyl (C=O) groups is 4. The Kier molecular flexibility index (Phi) is 4.73. The highest BCUT2D eigenvalue weighted by molar-refractivity contribution is 9.09. The van der Waals surface area contributed by atoms with Crippen molar-refractivity contribution < 1.29 is 24.3 Å². The van der Waals surface area contributed by atoms with Crippen molar-refractivity contribution >= 4 is 45.3 Å². The van der Waals surface area contributed by atoms with Gasteiger partial charge in [0.05, 0.1) is 21.7 Å². The average Bonchev–Trinajstić information content (AvgIpc) is 3.11. The molecule has 7 nitrogen and oxygen atoms in total. The van der Waals surface area contributed by atoms with E-state index in [1.54, 1.807) is 0 Å². The van der Waals surface area contributed by atoms with Gasteiger partial charge < -0.3 is 10.4 Å². The van der Waals surface area contributed by atoms with Gasteiger partial charge in [-0.15, -0.1) is 0 Å². The number of alkyl halides is 1. The lowest BCUT2D eigenvalue weighted by atomic mass is 9.55. The molecule has 0 spiro atoms. The standard InChI is InChI=1S/C27H19BrN2O5/c28-27-18-7-3-1-5-16(18)21(17-6-2-4-8-19(17)27)22-23(27)25(33)30(24(22)32)13-20(31)29-15-11-9-14(10-12-15)26(34)35/h1-12,21-23H,13H2,(H,29,31)(H,34,35)/t21?,22-,23-,27?/m1/s1. The fourth-order valence-electron chi connectivity index (χ4n) is 5.93. The zero-order chi connectivity index (χ0) is 24.5. The van der Waals surface area contributed by atoms with Crippen LogP contribution >= 0.6 is 15.9 Å². The summed E-state index contributed by atoms with van der Waals surface area (Å²) in [5.41, 5.74) is 4.49. The molecule has 3 aromatic rings. The number of rotatable bonds is 4. The maximum absolute atomic E-state index is 13.7. The van der Waals surface area contributed by atoms with Crippen LogP contribution in [0.5, 0.6) is 0 Å². The number of hydrogen-bond acceptors (Lipinski definition) is 4. The van der Waals surface area contributed by atoms with Crippen LogP contribution in [0.3, 0.4) is 0 Å². The SMILES string of the molecule is O=C(CN1C(=O)[C@@H]2C3c4ccccc4C(Br)(c4ccccc43)[C@H]2C1=O)Nc1ccc(C(=O)O)cc1. The number of halogens is 1. The van der Waals surface area contributed by atoms with Gasteiger partial charge in [0.2, 0.25) is 17.7 Å². The second kappa shape index (κ2) is 7.61. The number of amides is 3. The van der Waals surface area contributed by atoms with Gasteiger partial charge >= 0.3 is 5.97 Å². The Labute approximate surface area is 208 Å². The molecular formula is C27H19BrN2O5. The molecule has 1 saturated heterocycles. The molecular weight excluding hydrogens is 512 g/mol. The van der Waals surface area contributed by atoms with Crippen molar-refractivity contribution in [3.8, 4) is 0 Å². The Morgan fingerprint density at radius 3 is 2.03 bits per heavy atom. The number of aromatic carboxylic acids is 1. The maximum atomic E-state index is 13.7. The van der Waals surface area contributed by atoms with Gasteiger partial charge in [0.1, 0.15) is 6.54 Å². The maximum Gasteiger partial charge on any atom is 0.335 e. The molecule has 3 aliphatic carbocycles. The number of imide groups is 1. The Morgan fingerprint density at radius 2 is 1.46 bits per heavy atom. The number of likely N-dealkylation sites (tertiary alicyclic amines) is 1. The number of carboxylic acid groups (broad SMARTS) is 1. The molecule has 1 fully saturated rings. The van der Waals surface area contributed by atoms with Crippen molar-refractivity contribution in [3.63, 3.8) is 0 Å². The summed E-state index contributed by atoms with van der Waals surface area (Å²) in [6.07, 6.45) is 0. The predicted molar refractivity (Wildman–Crippen MR) is 130 cm³/mol. The molecule has 8 heteroatoms. The summed E-state index contributed by atoms with van der Waals surface area (Å²) in [6.45, 7) is -0.409. The Morgan fingerprint density at radius 1 is 0.886 bits per heavy atom. The van der Waals surface area contributed by atoms with Crippen LogP contribution in [-0.4, -0.2) is 40.2 Å².